The third-order valence-corrected chi connectivity index (χ3v) is 9.15. The van der Waals surface area contributed by atoms with Crippen molar-refractivity contribution in [1.82, 2.24) is 14.6 Å². The normalized spacial score (nSPS) is 17.9. The maximum Gasteiger partial charge on any atom is 0.263 e. The van der Waals surface area contributed by atoms with E-state index >= 15 is 0 Å². The highest BCUT2D eigenvalue weighted by atomic mass is 35.5. The first kappa shape index (κ1) is 25.5. The van der Waals surface area contributed by atoms with Gasteiger partial charge in [0.05, 0.1) is 16.6 Å². The molecule has 7 nitrogen and oxygen atoms in total. The van der Waals surface area contributed by atoms with Gasteiger partial charge in [0.1, 0.15) is 16.1 Å². The van der Waals surface area contributed by atoms with Crippen molar-refractivity contribution in [3.8, 4) is 11.3 Å². The van der Waals surface area contributed by atoms with Crippen LogP contribution < -0.4 is 10.6 Å². The molecule has 2 aromatic heterocycles. The fraction of sp³-hybridized carbons (Fsp3) is 0.304. The summed E-state index contributed by atoms with van der Waals surface area (Å²) < 4.78 is 55.1. The van der Waals surface area contributed by atoms with Crippen LogP contribution in [0.1, 0.15) is 17.5 Å². The van der Waals surface area contributed by atoms with Crippen LogP contribution in [0, 0.1) is 6.92 Å². The summed E-state index contributed by atoms with van der Waals surface area (Å²) in [4.78, 5) is 17.5. The zero-order valence-corrected chi connectivity index (χ0v) is 21.3. The van der Waals surface area contributed by atoms with Gasteiger partial charge in [-0.15, -0.1) is 11.3 Å². The zero-order chi connectivity index (χ0) is 25.4. The van der Waals surface area contributed by atoms with E-state index in [0.29, 0.717) is 21.4 Å². The van der Waals surface area contributed by atoms with Gasteiger partial charge in [0.2, 0.25) is 5.91 Å². The Bertz CT molecular complexity index is 1350. The first-order valence-corrected chi connectivity index (χ1v) is 13.3. The minimum atomic E-state index is -4.32. The first-order chi connectivity index (χ1) is 16.5. The minimum Gasteiger partial charge on any atom is -0.373 e. The highest BCUT2D eigenvalue weighted by Gasteiger charge is 2.53. The first-order valence-electron chi connectivity index (χ1n) is 10.7. The molecule has 4 rings (SSSR count). The molecule has 1 amide bonds. The Labute approximate surface area is 211 Å². The number of aromatic nitrogens is 1. The number of benzene rings is 1. The van der Waals surface area contributed by atoms with Crippen LogP contribution >= 0.6 is 22.9 Å². The van der Waals surface area contributed by atoms with E-state index < -0.39 is 40.9 Å². The molecule has 1 fully saturated rings. The number of nitrogens with one attached hydrogen (secondary N) is 2. The summed E-state index contributed by atoms with van der Waals surface area (Å²) >= 11 is 6.59. The quantitative estimate of drug-likeness (QED) is 0.459. The molecule has 1 atom stereocenters. The number of amides is 1. The summed E-state index contributed by atoms with van der Waals surface area (Å²) in [6.45, 7) is 0.917. The van der Waals surface area contributed by atoms with E-state index in [-0.39, 0.29) is 15.1 Å². The van der Waals surface area contributed by atoms with Crippen LogP contribution in [-0.4, -0.2) is 49.2 Å². The number of carbonyl (C=O) groups excluding carboxylic acids is 1. The summed E-state index contributed by atoms with van der Waals surface area (Å²) in [5.41, 5.74) is 3.33. The minimum absolute atomic E-state index is 0.00961. The molecule has 0 spiro atoms. The van der Waals surface area contributed by atoms with Crippen molar-refractivity contribution in [3.63, 3.8) is 0 Å². The standard InChI is InChI=1S/C23H23ClF2N4O3S2/c1-14-3-5-16(6-4-14)17-9-15(10-20(27-2)29-17)12-28-22(31)18-11-23(25,26)13-30(18)35(32,33)21-8-7-19(24)34-21/h3-10,18H,11-13H2,1-2H3,(H,27,29)(H,28,31)/t18-/m0/s1. The third-order valence-electron chi connectivity index (χ3n) is 5.60. The summed E-state index contributed by atoms with van der Waals surface area (Å²) in [6, 6.07) is 12.4. The Balaban J connectivity index is 1.55. The van der Waals surface area contributed by atoms with Gasteiger partial charge in [-0.25, -0.2) is 22.2 Å². The highest BCUT2D eigenvalue weighted by Crippen LogP contribution is 2.38. The van der Waals surface area contributed by atoms with Crippen molar-refractivity contribution in [2.45, 2.75) is 36.1 Å². The maximum absolute atomic E-state index is 14.3. The molecule has 0 saturated carbocycles. The second-order valence-corrected chi connectivity index (χ2v) is 12.1. The molecule has 1 aliphatic heterocycles. The third kappa shape index (κ3) is 5.64. The predicted molar refractivity (Wildman–Crippen MR) is 132 cm³/mol. The Hall–Kier alpha value is -2.60. The molecular formula is C23H23ClF2N4O3S2. The fourth-order valence-electron chi connectivity index (χ4n) is 3.81. The molecule has 186 valence electrons. The molecule has 1 aliphatic rings. The number of halogens is 3. The topological polar surface area (TPSA) is 91.4 Å². The van der Waals surface area contributed by atoms with Crippen LogP contribution in [0.15, 0.2) is 52.7 Å². The van der Waals surface area contributed by atoms with E-state index in [2.05, 4.69) is 15.6 Å². The highest BCUT2D eigenvalue weighted by molar-refractivity contribution is 7.91. The zero-order valence-electron chi connectivity index (χ0n) is 18.9. The van der Waals surface area contributed by atoms with Crippen molar-refractivity contribution < 1.29 is 22.0 Å². The Morgan fingerprint density at radius 2 is 1.94 bits per heavy atom. The van der Waals surface area contributed by atoms with Gasteiger partial charge in [0.15, 0.2) is 0 Å². The molecule has 0 aliphatic carbocycles. The average Bonchev–Trinajstić information content (AvgIpc) is 3.41. The van der Waals surface area contributed by atoms with Gasteiger partial charge in [-0.05, 0) is 36.8 Å². The van der Waals surface area contributed by atoms with Crippen LogP contribution in [0.2, 0.25) is 4.34 Å². The van der Waals surface area contributed by atoms with Crippen LogP contribution in [0.25, 0.3) is 11.3 Å². The van der Waals surface area contributed by atoms with Gasteiger partial charge in [-0.1, -0.05) is 41.4 Å². The second-order valence-electron chi connectivity index (χ2n) is 8.26. The Kier molecular flexibility index (Phi) is 7.14. The largest absolute Gasteiger partial charge is 0.373 e. The molecule has 35 heavy (non-hydrogen) atoms. The van der Waals surface area contributed by atoms with E-state index in [9.17, 15) is 22.0 Å². The Morgan fingerprint density at radius 1 is 1.23 bits per heavy atom. The van der Waals surface area contributed by atoms with Crippen LogP contribution in [0.4, 0.5) is 14.6 Å². The van der Waals surface area contributed by atoms with Crippen LogP contribution in [-0.2, 0) is 21.4 Å². The molecule has 0 unspecified atom stereocenters. The lowest BCUT2D eigenvalue weighted by Gasteiger charge is -2.22. The summed E-state index contributed by atoms with van der Waals surface area (Å²) in [5, 5.41) is 5.59. The smallest absolute Gasteiger partial charge is 0.263 e. The lowest BCUT2D eigenvalue weighted by Crippen LogP contribution is -2.45. The number of anilines is 1. The molecule has 3 aromatic rings. The van der Waals surface area contributed by atoms with Crippen molar-refractivity contribution in [2.75, 3.05) is 18.9 Å². The number of rotatable bonds is 7. The molecule has 2 N–H and O–H groups in total. The maximum atomic E-state index is 14.3. The number of alkyl halides is 2. The van der Waals surface area contributed by atoms with Gasteiger partial charge < -0.3 is 10.6 Å². The number of carbonyl (C=O) groups is 1. The number of hydrogen-bond acceptors (Lipinski definition) is 6. The van der Waals surface area contributed by atoms with Crippen molar-refractivity contribution in [1.29, 1.82) is 0 Å². The lowest BCUT2D eigenvalue weighted by atomic mass is 10.1. The lowest BCUT2D eigenvalue weighted by molar-refractivity contribution is -0.124. The Morgan fingerprint density at radius 3 is 2.57 bits per heavy atom. The number of aryl methyl sites for hydroxylation is 1. The van der Waals surface area contributed by atoms with Crippen molar-refractivity contribution >= 4 is 44.7 Å². The van der Waals surface area contributed by atoms with Crippen LogP contribution in [0.5, 0.6) is 0 Å². The van der Waals surface area contributed by atoms with E-state index in [1.165, 1.54) is 12.1 Å². The number of sulfonamides is 1. The molecule has 0 bridgehead atoms. The predicted octanol–water partition coefficient (Wildman–Crippen LogP) is 4.53. The summed E-state index contributed by atoms with van der Waals surface area (Å²) in [7, 11) is -2.60. The van der Waals surface area contributed by atoms with E-state index in [1.807, 2.05) is 31.2 Å². The second kappa shape index (κ2) is 9.81. The van der Waals surface area contributed by atoms with E-state index in [0.717, 1.165) is 22.5 Å². The molecule has 12 heteroatoms. The van der Waals surface area contributed by atoms with Gasteiger partial charge >= 0.3 is 0 Å². The van der Waals surface area contributed by atoms with E-state index in [1.54, 1.807) is 19.2 Å². The molecular weight excluding hydrogens is 518 g/mol. The molecule has 1 saturated heterocycles. The average molecular weight is 541 g/mol. The monoisotopic (exact) mass is 540 g/mol. The fourth-order valence-corrected chi connectivity index (χ4v) is 7.04. The number of hydrogen-bond donors (Lipinski definition) is 2. The number of nitrogens with zero attached hydrogens (tertiary/aromatic N) is 2. The molecule has 0 radical (unpaired) electrons. The van der Waals surface area contributed by atoms with Gasteiger partial charge in [-0.2, -0.15) is 4.31 Å². The number of thiophene rings is 1. The summed E-state index contributed by atoms with van der Waals surface area (Å²) in [5.74, 6) is -3.56. The number of pyridine rings is 1. The summed E-state index contributed by atoms with van der Waals surface area (Å²) in [6.07, 6.45) is -0.899. The van der Waals surface area contributed by atoms with Crippen molar-refractivity contribution in [3.05, 3.63) is 64.0 Å². The van der Waals surface area contributed by atoms with Gasteiger partial charge in [-0.3, -0.25) is 4.79 Å². The van der Waals surface area contributed by atoms with Crippen LogP contribution in [0.3, 0.4) is 0 Å². The van der Waals surface area contributed by atoms with Gasteiger partial charge in [0.25, 0.3) is 15.9 Å². The molecule has 1 aromatic carbocycles. The van der Waals surface area contributed by atoms with Crippen molar-refractivity contribution in [2.24, 2.45) is 0 Å². The van der Waals surface area contributed by atoms with E-state index in [4.69, 9.17) is 11.6 Å². The van der Waals surface area contributed by atoms with Gasteiger partial charge in [0, 0.05) is 25.6 Å². The molecule has 3 heterocycles. The SMILES string of the molecule is CNc1cc(CNC(=O)[C@@H]2CC(F)(F)CN2S(=O)(=O)c2ccc(Cl)s2)cc(-c2ccc(C)cc2)n1.